The van der Waals surface area contributed by atoms with E-state index in [1.807, 2.05) is 24.3 Å². The van der Waals surface area contributed by atoms with Crippen LogP contribution in [0.25, 0.3) is 0 Å². The van der Waals surface area contributed by atoms with E-state index in [9.17, 15) is 4.79 Å². The van der Waals surface area contributed by atoms with Crippen molar-refractivity contribution < 1.29 is 14.1 Å². The van der Waals surface area contributed by atoms with E-state index >= 15 is 0 Å². The number of likely N-dealkylation sites (tertiary alicyclic amines) is 1. The second-order valence-corrected chi connectivity index (χ2v) is 7.24. The number of hydrogen-bond donors (Lipinski definition) is 1. The summed E-state index contributed by atoms with van der Waals surface area (Å²) in [5.74, 6) is 0.964. The molecule has 1 aliphatic carbocycles. The topological polar surface area (TPSA) is 67.6 Å². The molecule has 26 heavy (non-hydrogen) atoms. The normalized spacial score (nSPS) is 18.3. The maximum atomic E-state index is 12.5. The number of rotatable bonds is 4. The van der Waals surface area contributed by atoms with Gasteiger partial charge >= 0.3 is 0 Å². The lowest BCUT2D eigenvalue weighted by molar-refractivity contribution is 0.0986. The number of hydrogen-bond acceptors (Lipinski definition) is 5. The van der Waals surface area contributed by atoms with Gasteiger partial charge in [0.25, 0.3) is 5.91 Å². The molecule has 6 nitrogen and oxygen atoms in total. The number of fused-ring (bicyclic) bond motifs is 1. The number of anilines is 1. The fourth-order valence-electron chi connectivity index (χ4n) is 3.67. The average molecular weight is 355 g/mol. The zero-order valence-corrected chi connectivity index (χ0v) is 15.2. The number of piperidine rings is 1. The molecule has 0 saturated carbocycles. The third-order valence-corrected chi connectivity index (χ3v) is 5.25. The summed E-state index contributed by atoms with van der Waals surface area (Å²) in [6.45, 7) is 2.14. The second kappa shape index (κ2) is 7.50. The molecule has 2 aromatic rings. The van der Waals surface area contributed by atoms with Gasteiger partial charge in [0.05, 0.1) is 5.69 Å². The van der Waals surface area contributed by atoms with E-state index in [1.165, 1.54) is 0 Å². The van der Waals surface area contributed by atoms with Crippen LogP contribution in [0.3, 0.4) is 0 Å². The molecular weight excluding hydrogens is 330 g/mol. The van der Waals surface area contributed by atoms with Gasteiger partial charge in [0.2, 0.25) is 5.76 Å². The Morgan fingerprint density at radius 1 is 1.19 bits per heavy atom. The van der Waals surface area contributed by atoms with Gasteiger partial charge in [0.1, 0.15) is 11.9 Å². The molecule has 1 saturated heterocycles. The van der Waals surface area contributed by atoms with Crippen LogP contribution in [0.5, 0.6) is 5.75 Å². The molecule has 1 aromatic carbocycles. The second-order valence-electron chi connectivity index (χ2n) is 7.24. The number of aryl methyl sites for hydroxylation is 1. The van der Waals surface area contributed by atoms with E-state index in [4.69, 9.17) is 9.26 Å². The van der Waals surface area contributed by atoms with Crippen molar-refractivity contribution in [2.75, 3.05) is 25.5 Å². The van der Waals surface area contributed by atoms with E-state index in [2.05, 4.69) is 22.4 Å². The molecule has 2 aliphatic rings. The molecule has 4 rings (SSSR count). The van der Waals surface area contributed by atoms with Crippen molar-refractivity contribution in [3.05, 3.63) is 41.3 Å². The first-order valence-electron chi connectivity index (χ1n) is 9.43. The van der Waals surface area contributed by atoms with E-state index in [1.54, 1.807) is 0 Å². The molecule has 0 radical (unpaired) electrons. The van der Waals surface area contributed by atoms with Crippen molar-refractivity contribution in [3.8, 4) is 5.75 Å². The SMILES string of the molecule is CN1CCC(Oc2ccc(NC(=O)c3onc4c3CCCC4)cc2)CC1. The van der Waals surface area contributed by atoms with Crippen molar-refractivity contribution in [2.45, 2.75) is 44.6 Å². The van der Waals surface area contributed by atoms with Crippen LogP contribution in [-0.2, 0) is 12.8 Å². The lowest BCUT2D eigenvalue weighted by Crippen LogP contribution is -2.35. The largest absolute Gasteiger partial charge is 0.490 e. The van der Waals surface area contributed by atoms with E-state index in [0.717, 1.165) is 74.3 Å². The highest BCUT2D eigenvalue weighted by molar-refractivity contribution is 6.03. The van der Waals surface area contributed by atoms with E-state index < -0.39 is 0 Å². The number of ether oxygens (including phenoxy) is 1. The van der Waals surface area contributed by atoms with Crippen LogP contribution < -0.4 is 10.1 Å². The Bertz CT molecular complexity index is 761. The van der Waals surface area contributed by atoms with Crippen LogP contribution in [0.1, 0.15) is 47.5 Å². The smallest absolute Gasteiger partial charge is 0.294 e. The zero-order chi connectivity index (χ0) is 17.9. The number of benzene rings is 1. The van der Waals surface area contributed by atoms with Gasteiger partial charge in [-0.1, -0.05) is 5.16 Å². The van der Waals surface area contributed by atoms with Crippen LogP contribution in [0.15, 0.2) is 28.8 Å². The highest BCUT2D eigenvalue weighted by Crippen LogP contribution is 2.25. The predicted molar refractivity (Wildman–Crippen MR) is 98.7 cm³/mol. The van der Waals surface area contributed by atoms with Gasteiger partial charge in [-0.2, -0.15) is 0 Å². The molecule has 1 amide bonds. The minimum Gasteiger partial charge on any atom is -0.490 e. The number of nitrogens with one attached hydrogen (secondary N) is 1. The van der Waals surface area contributed by atoms with Crippen molar-refractivity contribution in [2.24, 2.45) is 0 Å². The number of carbonyl (C=O) groups is 1. The highest BCUT2D eigenvalue weighted by atomic mass is 16.5. The van der Waals surface area contributed by atoms with Gasteiger partial charge < -0.3 is 19.5 Å². The molecule has 1 aliphatic heterocycles. The average Bonchev–Trinajstić information content (AvgIpc) is 3.09. The number of aromatic nitrogens is 1. The fraction of sp³-hybridized carbons (Fsp3) is 0.500. The summed E-state index contributed by atoms with van der Waals surface area (Å²) in [5.41, 5.74) is 2.63. The molecule has 0 unspecified atom stereocenters. The van der Waals surface area contributed by atoms with Crippen molar-refractivity contribution >= 4 is 11.6 Å². The Kier molecular flexibility index (Phi) is 4.93. The van der Waals surface area contributed by atoms with Crippen LogP contribution in [-0.4, -0.2) is 42.2 Å². The summed E-state index contributed by atoms with van der Waals surface area (Å²) in [4.78, 5) is 14.8. The third kappa shape index (κ3) is 3.75. The minimum absolute atomic E-state index is 0.232. The van der Waals surface area contributed by atoms with Crippen LogP contribution >= 0.6 is 0 Å². The van der Waals surface area contributed by atoms with E-state index in [0.29, 0.717) is 5.76 Å². The van der Waals surface area contributed by atoms with Gasteiger partial charge in [0, 0.05) is 24.3 Å². The summed E-state index contributed by atoms with van der Waals surface area (Å²) in [6, 6.07) is 7.55. The standard InChI is InChI=1S/C20H25N3O3/c1-23-12-10-16(11-13-23)25-15-8-6-14(7-9-15)21-20(24)19-17-4-2-3-5-18(17)22-26-19/h6-9,16H,2-5,10-13H2,1H3,(H,21,24). The third-order valence-electron chi connectivity index (χ3n) is 5.25. The van der Waals surface area contributed by atoms with Crippen LogP contribution in [0.2, 0.25) is 0 Å². The molecule has 1 fully saturated rings. The Labute approximate surface area is 153 Å². The molecule has 138 valence electrons. The maximum Gasteiger partial charge on any atom is 0.294 e. The van der Waals surface area contributed by atoms with Gasteiger partial charge in [-0.15, -0.1) is 0 Å². The molecule has 2 heterocycles. The van der Waals surface area contributed by atoms with E-state index in [-0.39, 0.29) is 12.0 Å². The quantitative estimate of drug-likeness (QED) is 0.912. The maximum absolute atomic E-state index is 12.5. The molecule has 0 atom stereocenters. The van der Waals surface area contributed by atoms with Gasteiger partial charge in [-0.25, -0.2) is 0 Å². The minimum atomic E-state index is -0.232. The van der Waals surface area contributed by atoms with Crippen molar-refractivity contribution in [1.29, 1.82) is 0 Å². The number of carbonyl (C=O) groups excluding carboxylic acids is 1. The Morgan fingerprint density at radius 2 is 1.92 bits per heavy atom. The van der Waals surface area contributed by atoms with Crippen molar-refractivity contribution in [3.63, 3.8) is 0 Å². The van der Waals surface area contributed by atoms with Crippen molar-refractivity contribution in [1.82, 2.24) is 10.1 Å². The predicted octanol–water partition coefficient (Wildman–Crippen LogP) is 3.28. The monoisotopic (exact) mass is 355 g/mol. The lowest BCUT2D eigenvalue weighted by Gasteiger charge is -2.29. The zero-order valence-electron chi connectivity index (χ0n) is 15.2. The summed E-state index contributed by atoms with van der Waals surface area (Å²) in [6.07, 6.45) is 6.32. The molecular formula is C20H25N3O3. The molecule has 0 spiro atoms. The molecule has 6 heteroatoms. The van der Waals surface area contributed by atoms with Gasteiger partial charge in [-0.05, 0) is 69.8 Å². The Morgan fingerprint density at radius 3 is 2.69 bits per heavy atom. The highest BCUT2D eigenvalue weighted by Gasteiger charge is 2.24. The lowest BCUT2D eigenvalue weighted by atomic mass is 9.96. The summed E-state index contributed by atoms with van der Waals surface area (Å²) in [7, 11) is 2.14. The van der Waals surface area contributed by atoms with Crippen LogP contribution in [0, 0.1) is 0 Å². The molecule has 1 N–H and O–H groups in total. The number of amides is 1. The summed E-state index contributed by atoms with van der Waals surface area (Å²) < 4.78 is 11.3. The Balaban J connectivity index is 1.36. The first-order valence-corrected chi connectivity index (χ1v) is 9.43. The molecule has 1 aromatic heterocycles. The van der Waals surface area contributed by atoms with Crippen LogP contribution in [0.4, 0.5) is 5.69 Å². The summed E-state index contributed by atoms with van der Waals surface area (Å²) in [5, 5.41) is 6.94. The fourth-order valence-corrected chi connectivity index (χ4v) is 3.67. The first kappa shape index (κ1) is 17.1. The number of nitrogens with zero attached hydrogens (tertiary/aromatic N) is 2. The van der Waals surface area contributed by atoms with Gasteiger partial charge in [0.15, 0.2) is 0 Å². The first-order chi connectivity index (χ1) is 12.7. The van der Waals surface area contributed by atoms with Gasteiger partial charge in [-0.3, -0.25) is 4.79 Å². The molecule has 0 bridgehead atoms. The Hall–Kier alpha value is -2.34. The summed E-state index contributed by atoms with van der Waals surface area (Å²) >= 11 is 0.